The molecule has 2 atom stereocenters. The Morgan fingerprint density at radius 3 is 2.86 bits per heavy atom. The highest BCUT2D eigenvalue weighted by Gasteiger charge is 2.33. The number of nitrogens with two attached hydrogens (primary N) is 1. The minimum Gasteiger partial charge on any atom is -0.384 e. The second-order valence-electron chi connectivity index (χ2n) is 6.23. The lowest BCUT2D eigenvalue weighted by Crippen LogP contribution is -2.58. The molecule has 5 heteroatoms. The van der Waals surface area contributed by atoms with Gasteiger partial charge in [-0.05, 0) is 44.5 Å². The van der Waals surface area contributed by atoms with Crippen molar-refractivity contribution in [2.24, 2.45) is 5.73 Å². The van der Waals surface area contributed by atoms with Gasteiger partial charge >= 0.3 is 0 Å². The third-order valence-electron chi connectivity index (χ3n) is 4.76. The fourth-order valence-corrected chi connectivity index (χ4v) is 3.88. The van der Waals surface area contributed by atoms with E-state index in [1.165, 1.54) is 25.8 Å². The van der Waals surface area contributed by atoms with E-state index in [-0.39, 0.29) is 5.84 Å². The van der Waals surface area contributed by atoms with E-state index in [4.69, 9.17) is 22.7 Å². The normalized spacial score (nSPS) is 26.5. The monoisotopic (exact) mass is 306 g/mol. The van der Waals surface area contributed by atoms with Crippen LogP contribution in [0.5, 0.6) is 0 Å². The summed E-state index contributed by atoms with van der Waals surface area (Å²) in [5.41, 5.74) is 7.29. The van der Waals surface area contributed by atoms with Gasteiger partial charge < -0.3 is 10.6 Å². The average Bonchev–Trinajstić information content (AvgIpc) is 2.46. The molecule has 4 nitrogen and oxygen atoms in total. The van der Waals surface area contributed by atoms with Crippen LogP contribution in [0.25, 0.3) is 0 Å². The summed E-state index contributed by atoms with van der Waals surface area (Å²) in [7, 11) is 0. The molecule has 3 rings (SSSR count). The van der Waals surface area contributed by atoms with E-state index in [1.54, 1.807) is 6.07 Å². The highest BCUT2D eigenvalue weighted by Crippen LogP contribution is 2.33. The van der Waals surface area contributed by atoms with Gasteiger partial charge in [0.2, 0.25) is 0 Å². The number of hydrogen-bond donors (Lipinski definition) is 2. The maximum Gasteiger partial charge on any atom is 0.122 e. The number of fused-ring (bicyclic) bond motifs is 1. The zero-order chi connectivity index (χ0) is 15.0. The highest BCUT2D eigenvalue weighted by molar-refractivity contribution is 6.33. The van der Waals surface area contributed by atoms with Gasteiger partial charge in [-0.25, -0.2) is 0 Å². The van der Waals surface area contributed by atoms with Crippen molar-refractivity contribution in [1.29, 1.82) is 5.41 Å². The van der Waals surface area contributed by atoms with Gasteiger partial charge in [-0.1, -0.05) is 18.0 Å². The van der Waals surface area contributed by atoms with Crippen LogP contribution in [-0.4, -0.2) is 42.5 Å². The second kappa shape index (κ2) is 5.85. The van der Waals surface area contributed by atoms with E-state index in [0.717, 1.165) is 18.8 Å². The Bertz CT molecular complexity index is 545. The lowest BCUT2D eigenvalue weighted by molar-refractivity contribution is 0.115. The standard InChI is InChI=1S/C16H23ClN4/c1-11-9-20-7-3-2-4-13(20)10-21(11)15-6-5-12(16(18)19)8-14(15)17/h5-6,8,11,13H,2-4,7,9-10H2,1H3,(H3,18,19). The van der Waals surface area contributed by atoms with E-state index < -0.39 is 0 Å². The number of piperazine rings is 1. The Morgan fingerprint density at radius 2 is 2.14 bits per heavy atom. The van der Waals surface area contributed by atoms with Gasteiger partial charge in [0.25, 0.3) is 0 Å². The minimum atomic E-state index is 0.0635. The molecule has 2 unspecified atom stereocenters. The quantitative estimate of drug-likeness (QED) is 0.652. The molecule has 0 bridgehead atoms. The van der Waals surface area contributed by atoms with Gasteiger partial charge in [0.05, 0.1) is 10.7 Å². The van der Waals surface area contributed by atoms with Crippen molar-refractivity contribution in [3.8, 4) is 0 Å². The fraction of sp³-hybridized carbons (Fsp3) is 0.562. The lowest BCUT2D eigenvalue weighted by atomic mass is 9.96. The number of hydrogen-bond acceptors (Lipinski definition) is 3. The van der Waals surface area contributed by atoms with Gasteiger partial charge in [0.15, 0.2) is 0 Å². The number of anilines is 1. The lowest BCUT2D eigenvalue weighted by Gasteiger charge is -2.48. The van der Waals surface area contributed by atoms with Crippen molar-refractivity contribution in [2.45, 2.75) is 38.3 Å². The molecule has 3 N–H and O–H groups in total. The number of nitrogens with zero attached hydrogens (tertiary/aromatic N) is 2. The molecule has 2 saturated heterocycles. The van der Waals surface area contributed by atoms with Gasteiger partial charge in [-0.2, -0.15) is 0 Å². The predicted molar refractivity (Wildman–Crippen MR) is 88.5 cm³/mol. The molecule has 0 aromatic heterocycles. The second-order valence-corrected chi connectivity index (χ2v) is 6.63. The maximum absolute atomic E-state index is 7.51. The molecule has 0 amide bonds. The molecular weight excluding hydrogens is 284 g/mol. The Hall–Kier alpha value is -1.26. The topological polar surface area (TPSA) is 56.4 Å². The summed E-state index contributed by atoms with van der Waals surface area (Å²) >= 11 is 6.44. The van der Waals surface area contributed by atoms with Crippen LogP contribution >= 0.6 is 11.6 Å². The molecule has 2 heterocycles. The van der Waals surface area contributed by atoms with E-state index in [0.29, 0.717) is 22.7 Å². The van der Waals surface area contributed by atoms with Gasteiger partial charge in [0, 0.05) is 30.7 Å². The van der Waals surface area contributed by atoms with E-state index >= 15 is 0 Å². The molecule has 2 aliphatic heterocycles. The summed E-state index contributed by atoms with van der Waals surface area (Å²) < 4.78 is 0. The zero-order valence-corrected chi connectivity index (χ0v) is 13.2. The van der Waals surface area contributed by atoms with Gasteiger partial charge in [0.1, 0.15) is 5.84 Å². The van der Waals surface area contributed by atoms with Crippen LogP contribution < -0.4 is 10.6 Å². The van der Waals surface area contributed by atoms with Crippen molar-refractivity contribution in [2.75, 3.05) is 24.5 Å². The third-order valence-corrected chi connectivity index (χ3v) is 5.06. The van der Waals surface area contributed by atoms with Crippen molar-refractivity contribution in [3.63, 3.8) is 0 Å². The van der Waals surface area contributed by atoms with Gasteiger partial charge in [-0.15, -0.1) is 0 Å². The zero-order valence-electron chi connectivity index (χ0n) is 12.5. The number of nitrogens with one attached hydrogen (secondary N) is 1. The minimum absolute atomic E-state index is 0.0635. The molecule has 0 radical (unpaired) electrons. The van der Waals surface area contributed by atoms with Crippen molar-refractivity contribution >= 4 is 23.1 Å². The first-order valence-electron chi connectivity index (χ1n) is 7.71. The first-order chi connectivity index (χ1) is 10.1. The summed E-state index contributed by atoms with van der Waals surface area (Å²) in [4.78, 5) is 5.04. The summed E-state index contributed by atoms with van der Waals surface area (Å²) in [6.07, 6.45) is 3.95. The molecule has 0 aliphatic carbocycles. The van der Waals surface area contributed by atoms with E-state index in [9.17, 15) is 0 Å². The van der Waals surface area contributed by atoms with Crippen LogP contribution in [0.2, 0.25) is 5.02 Å². The largest absolute Gasteiger partial charge is 0.384 e. The molecule has 0 spiro atoms. The SMILES string of the molecule is CC1CN2CCCCC2CN1c1ccc(C(=N)N)cc1Cl. The van der Waals surface area contributed by atoms with Crippen molar-refractivity contribution in [1.82, 2.24) is 4.90 Å². The fourth-order valence-electron chi connectivity index (χ4n) is 3.60. The van der Waals surface area contributed by atoms with Crippen LogP contribution in [0, 0.1) is 5.41 Å². The summed E-state index contributed by atoms with van der Waals surface area (Å²) in [5, 5.41) is 8.20. The Balaban J connectivity index is 1.84. The van der Waals surface area contributed by atoms with Crippen LogP contribution in [0.3, 0.4) is 0 Å². The van der Waals surface area contributed by atoms with Crippen LogP contribution in [0.15, 0.2) is 18.2 Å². The number of halogens is 1. The van der Waals surface area contributed by atoms with Crippen LogP contribution in [0.1, 0.15) is 31.7 Å². The Labute approximate surface area is 131 Å². The van der Waals surface area contributed by atoms with Crippen molar-refractivity contribution < 1.29 is 0 Å². The molecule has 2 fully saturated rings. The summed E-state index contributed by atoms with van der Waals surface area (Å²) in [5.74, 6) is 0.0635. The van der Waals surface area contributed by atoms with Crippen LogP contribution in [-0.2, 0) is 0 Å². The number of piperidine rings is 1. The number of benzene rings is 1. The van der Waals surface area contributed by atoms with Crippen LogP contribution in [0.4, 0.5) is 5.69 Å². The molecular formula is C16H23ClN4. The molecule has 1 aromatic rings. The summed E-state index contributed by atoms with van der Waals surface area (Å²) in [6.45, 7) is 5.65. The van der Waals surface area contributed by atoms with Gasteiger partial charge in [-0.3, -0.25) is 10.3 Å². The molecule has 1 aromatic carbocycles. The number of amidine groups is 1. The smallest absolute Gasteiger partial charge is 0.122 e. The molecule has 21 heavy (non-hydrogen) atoms. The summed E-state index contributed by atoms with van der Waals surface area (Å²) in [6, 6.07) is 6.81. The molecule has 0 saturated carbocycles. The van der Waals surface area contributed by atoms with E-state index in [2.05, 4.69) is 16.7 Å². The first kappa shape index (κ1) is 14.7. The number of nitrogen functional groups attached to an aromatic ring is 1. The third kappa shape index (κ3) is 2.87. The predicted octanol–water partition coefficient (Wildman–Crippen LogP) is 2.69. The molecule has 114 valence electrons. The average molecular weight is 307 g/mol. The Kier molecular flexibility index (Phi) is 4.09. The van der Waals surface area contributed by atoms with Crippen molar-refractivity contribution in [3.05, 3.63) is 28.8 Å². The number of rotatable bonds is 2. The highest BCUT2D eigenvalue weighted by atomic mass is 35.5. The maximum atomic E-state index is 7.51. The first-order valence-corrected chi connectivity index (χ1v) is 8.08. The Morgan fingerprint density at radius 1 is 1.33 bits per heavy atom. The molecule has 2 aliphatic rings. The van der Waals surface area contributed by atoms with E-state index in [1.807, 2.05) is 12.1 Å².